The van der Waals surface area contributed by atoms with E-state index in [2.05, 4.69) is 0 Å². The van der Waals surface area contributed by atoms with E-state index in [4.69, 9.17) is 14.2 Å². The lowest BCUT2D eigenvalue weighted by Gasteiger charge is -2.30. The van der Waals surface area contributed by atoms with Gasteiger partial charge in [-0.25, -0.2) is 0 Å². The highest BCUT2D eigenvalue weighted by Crippen LogP contribution is 2.10. The van der Waals surface area contributed by atoms with Gasteiger partial charge in [-0.1, -0.05) is 0 Å². The lowest BCUT2D eigenvalue weighted by molar-refractivity contribution is -0.162. The van der Waals surface area contributed by atoms with E-state index in [1.54, 1.807) is 20.8 Å². The second-order valence-electron chi connectivity index (χ2n) is 5.99. The first-order valence-corrected chi connectivity index (χ1v) is 7.18. The summed E-state index contributed by atoms with van der Waals surface area (Å²) in [5, 5.41) is 0. The number of carbonyl (C=O) groups is 4. The Morgan fingerprint density at radius 3 is 1.65 bits per heavy atom. The fourth-order valence-electron chi connectivity index (χ4n) is 1.67. The summed E-state index contributed by atoms with van der Waals surface area (Å²) in [5.74, 6) is -2.12. The molecule has 8 heteroatoms. The predicted octanol–water partition coefficient (Wildman–Crippen LogP) is 0.671. The number of ether oxygens (including phenoxy) is 3. The predicted molar refractivity (Wildman–Crippen MR) is 80.3 cm³/mol. The fraction of sp³-hybridized carbons (Fsp3) is 0.733. The Bertz CT molecular complexity index is 435. The first-order chi connectivity index (χ1) is 10.4. The molecule has 0 saturated heterocycles. The molecule has 0 fully saturated rings. The van der Waals surface area contributed by atoms with Gasteiger partial charge in [0, 0.05) is 20.8 Å². The molecule has 0 aliphatic heterocycles. The molecule has 0 bridgehead atoms. The van der Waals surface area contributed by atoms with E-state index < -0.39 is 35.5 Å². The molecule has 0 aromatic rings. The van der Waals surface area contributed by atoms with Gasteiger partial charge in [0.25, 0.3) is 0 Å². The summed E-state index contributed by atoms with van der Waals surface area (Å²) in [6.45, 7) is 8.10. The highest BCUT2D eigenvalue weighted by molar-refractivity contribution is 5.81. The molecule has 8 nitrogen and oxygen atoms in total. The van der Waals surface area contributed by atoms with Crippen molar-refractivity contribution in [3.8, 4) is 0 Å². The summed E-state index contributed by atoms with van der Waals surface area (Å²) in [5.41, 5.74) is -0.694. The van der Waals surface area contributed by atoms with Crippen LogP contribution in [0.5, 0.6) is 0 Å². The first-order valence-electron chi connectivity index (χ1n) is 7.18. The quantitative estimate of drug-likeness (QED) is 0.499. The third kappa shape index (κ3) is 10.3. The van der Waals surface area contributed by atoms with Gasteiger partial charge in [0.15, 0.2) is 0 Å². The zero-order chi connectivity index (χ0) is 18.2. The maximum atomic E-state index is 11.9. The maximum absolute atomic E-state index is 11.9. The SMILES string of the molecule is CC(=O)OCC(COC(C)=O)N(CC(=O)OC(C)(C)C)C(C)=O. The van der Waals surface area contributed by atoms with Gasteiger partial charge in [0.05, 0.1) is 0 Å². The van der Waals surface area contributed by atoms with E-state index >= 15 is 0 Å². The summed E-state index contributed by atoms with van der Waals surface area (Å²) in [7, 11) is 0. The largest absolute Gasteiger partial charge is 0.464 e. The van der Waals surface area contributed by atoms with Crippen LogP contribution in [0, 0.1) is 0 Å². The van der Waals surface area contributed by atoms with E-state index in [0.29, 0.717) is 0 Å². The minimum Gasteiger partial charge on any atom is -0.464 e. The highest BCUT2D eigenvalue weighted by Gasteiger charge is 2.28. The van der Waals surface area contributed by atoms with Crippen LogP contribution in [0.1, 0.15) is 41.5 Å². The van der Waals surface area contributed by atoms with Crippen LogP contribution >= 0.6 is 0 Å². The smallest absolute Gasteiger partial charge is 0.326 e. The molecular weight excluding hydrogens is 306 g/mol. The van der Waals surface area contributed by atoms with Gasteiger partial charge in [-0.3, -0.25) is 19.2 Å². The minimum absolute atomic E-state index is 0.189. The molecule has 1 amide bonds. The van der Waals surface area contributed by atoms with Crippen LogP contribution in [0.3, 0.4) is 0 Å². The van der Waals surface area contributed by atoms with Crippen molar-refractivity contribution in [3.05, 3.63) is 0 Å². The average molecular weight is 331 g/mol. The molecule has 0 atom stereocenters. The third-order valence-electron chi connectivity index (χ3n) is 2.52. The number of hydrogen-bond acceptors (Lipinski definition) is 7. The molecule has 0 heterocycles. The van der Waals surface area contributed by atoms with Crippen molar-refractivity contribution in [2.45, 2.75) is 53.2 Å². The number of hydrogen-bond donors (Lipinski definition) is 0. The van der Waals surface area contributed by atoms with Crippen LogP contribution in [0.4, 0.5) is 0 Å². The lowest BCUT2D eigenvalue weighted by Crippen LogP contribution is -2.48. The van der Waals surface area contributed by atoms with Crippen LogP contribution in [0.2, 0.25) is 0 Å². The Balaban J connectivity index is 5.02. The van der Waals surface area contributed by atoms with Crippen molar-refractivity contribution >= 4 is 23.8 Å². The Morgan fingerprint density at radius 1 is 0.913 bits per heavy atom. The minimum atomic E-state index is -0.771. The normalized spacial score (nSPS) is 10.9. The summed E-state index contributed by atoms with van der Waals surface area (Å²) in [6, 6.07) is -0.771. The number of rotatable bonds is 7. The molecule has 0 radical (unpaired) electrons. The van der Waals surface area contributed by atoms with Gasteiger partial charge in [-0.05, 0) is 20.8 Å². The van der Waals surface area contributed by atoms with Crippen LogP contribution in [0.15, 0.2) is 0 Å². The van der Waals surface area contributed by atoms with E-state index in [-0.39, 0.29) is 19.8 Å². The molecule has 0 spiro atoms. The summed E-state index contributed by atoms with van der Waals surface area (Å²) < 4.78 is 14.9. The molecule has 0 saturated carbocycles. The Labute approximate surface area is 136 Å². The van der Waals surface area contributed by atoms with Gasteiger partial charge in [0.1, 0.15) is 31.4 Å². The Hall–Kier alpha value is -2.12. The van der Waals surface area contributed by atoms with Gasteiger partial charge in [0.2, 0.25) is 5.91 Å². The second-order valence-corrected chi connectivity index (χ2v) is 5.99. The topological polar surface area (TPSA) is 99.2 Å². The first kappa shape index (κ1) is 20.9. The van der Waals surface area contributed by atoms with E-state index in [9.17, 15) is 19.2 Å². The average Bonchev–Trinajstić information content (AvgIpc) is 2.33. The molecule has 0 unspecified atom stereocenters. The summed E-state index contributed by atoms with van der Waals surface area (Å²) in [6.07, 6.45) is 0. The zero-order valence-electron chi connectivity index (χ0n) is 14.5. The molecule has 0 aliphatic carbocycles. The van der Waals surface area contributed by atoms with E-state index in [0.717, 1.165) is 4.90 Å². The van der Waals surface area contributed by atoms with Gasteiger partial charge in [-0.15, -0.1) is 0 Å². The van der Waals surface area contributed by atoms with E-state index in [1.807, 2.05) is 0 Å². The van der Waals surface area contributed by atoms with Gasteiger partial charge >= 0.3 is 17.9 Å². The fourth-order valence-corrected chi connectivity index (χ4v) is 1.67. The van der Waals surface area contributed by atoms with Crippen LogP contribution in [-0.2, 0) is 33.4 Å². The highest BCUT2D eigenvalue weighted by atomic mass is 16.6. The number of amides is 1. The molecule has 132 valence electrons. The molecule has 0 rings (SSSR count). The van der Waals surface area contributed by atoms with E-state index in [1.165, 1.54) is 20.8 Å². The number of carbonyl (C=O) groups excluding carboxylic acids is 4. The van der Waals surface area contributed by atoms with Crippen molar-refractivity contribution in [2.75, 3.05) is 19.8 Å². The molecule has 0 N–H and O–H groups in total. The molecular formula is C15H25NO7. The molecule has 0 aromatic carbocycles. The van der Waals surface area contributed by atoms with Crippen molar-refractivity contribution in [2.24, 2.45) is 0 Å². The van der Waals surface area contributed by atoms with Gasteiger partial charge < -0.3 is 19.1 Å². The van der Waals surface area contributed by atoms with Crippen molar-refractivity contribution in [3.63, 3.8) is 0 Å². The Kier molecular flexibility index (Phi) is 8.28. The van der Waals surface area contributed by atoms with Gasteiger partial charge in [-0.2, -0.15) is 0 Å². The molecule has 23 heavy (non-hydrogen) atoms. The van der Waals surface area contributed by atoms with Crippen molar-refractivity contribution in [1.82, 2.24) is 4.90 Å². The number of nitrogens with zero attached hydrogens (tertiary/aromatic N) is 1. The van der Waals surface area contributed by atoms with Crippen molar-refractivity contribution < 1.29 is 33.4 Å². The van der Waals surface area contributed by atoms with Crippen LogP contribution in [0.25, 0.3) is 0 Å². The van der Waals surface area contributed by atoms with Crippen molar-refractivity contribution in [1.29, 1.82) is 0 Å². The summed E-state index contributed by atoms with van der Waals surface area (Å²) in [4.78, 5) is 46.8. The molecule has 0 aromatic heterocycles. The zero-order valence-corrected chi connectivity index (χ0v) is 14.5. The van der Waals surface area contributed by atoms with Crippen LogP contribution < -0.4 is 0 Å². The Morgan fingerprint density at radius 2 is 1.35 bits per heavy atom. The maximum Gasteiger partial charge on any atom is 0.326 e. The monoisotopic (exact) mass is 331 g/mol. The number of esters is 3. The lowest BCUT2D eigenvalue weighted by atomic mass is 10.2. The summed E-state index contributed by atoms with van der Waals surface area (Å²) >= 11 is 0. The molecule has 0 aliphatic rings. The standard InChI is InChI=1S/C15H25NO7/c1-10(17)16(7-14(20)23-15(4,5)6)13(8-21-11(2)18)9-22-12(3)19/h13H,7-9H2,1-6H3. The third-order valence-corrected chi connectivity index (χ3v) is 2.52. The second kappa shape index (κ2) is 9.12. The van der Waals surface area contributed by atoms with Crippen LogP contribution in [-0.4, -0.2) is 60.1 Å².